The van der Waals surface area contributed by atoms with Crippen LogP contribution >= 0.6 is 0 Å². The predicted octanol–water partition coefficient (Wildman–Crippen LogP) is 1.01. The van der Waals surface area contributed by atoms with E-state index in [4.69, 9.17) is 0 Å². The van der Waals surface area contributed by atoms with E-state index in [9.17, 15) is 13.2 Å². The highest BCUT2D eigenvalue weighted by Crippen LogP contribution is 2.22. The molecule has 0 unspecified atom stereocenters. The number of nitrogens with zero attached hydrogens (tertiary/aromatic N) is 4. The SMILES string of the molecule is C[C@H](N=C1NS(=O)(=O)c2ccccc21)C(=O)NCc1ccnc(-n2cccn2)c1. The Morgan fingerprint density at radius 1 is 1.24 bits per heavy atom. The number of benzene rings is 1. The van der Waals surface area contributed by atoms with Gasteiger partial charge in [0, 0.05) is 30.7 Å². The fourth-order valence-corrected chi connectivity index (χ4v) is 4.16. The van der Waals surface area contributed by atoms with Crippen LogP contribution in [0.4, 0.5) is 0 Å². The standard InChI is InChI=1S/C19H18N6O3S/c1-13(23-18-15-5-2-3-6-16(15)29(27,28)24-18)19(26)21-12-14-7-9-20-17(11-14)25-10-4-8-22-25/h2-11,13H,12H2,1H3,(H,21,26)(H,23,24)/t13-/m0/s1. The van der Waals surface area contributed by atoms with Gasteiger partial charge in [0.15, 0.2) is 5.82 Å². The molecule has 1 aromatic carbocycles. The van der Waals surface area contributed by atoms with Crippen molar-refractivity contribution >= 4 is 21.8 Å². The van der Waals surface area contributed by atoms with Crippen molar-refractivity contribution in [1.29, 1.82) is 0 Å². The van der Waals surface area contributed by atoms with E-state index in [0.29, 0.717) is 11.4 Å². The second-order valence-electron chi connectivity index (χ2n) is 6.45. The van der Waals surface area contributed by atoms with E-state index in [2.05, 4.69) is 25.1 Å². The van der Waals surface area contributed by atoms with Crippen LogP contribution in [0.15, 0.2) is 70.9 Å². The molecule has 9 nitrogen and oxygen atoms in total. The number of carbonyl (C=O) groups is 1. The van der Waals surface area contributed by atoms with Crippen molar-refractivity contribution in [2.75, 3.05) is 0 Å². The molecule has 1 aliphatic rings. The average molecular weight is 410 g/mol. The Morgan fingerprint density at radius 3 is 2.86 bits per heavy atom. The number of aliphatic imine (C=N–C) groups is 1. The topological polar surface area (TPSA) is 118 Å². The molecule has 2 aromatic heterocycles. The van der Waals surface area contributed by atoms with Crippen LogP contribution in [0.1, 0.15) is 18.1 Å². The van der Waals surface area contributed by atoms with Gasteiger partial charge in [-0.25, -0.2) is 18.1 Å². The number of aromatic nitrogens is 3. The first-order valence-electron chi connectivity index (χ1n) is 8.87. The number of pyridine rings is 1. The molecule has 0 radical (unpaired) electrons. The van der Waals surface area contributed by atoms with E-state index in [1.807, 2.05) is 6.07 Å². The Bertz CT molecular complexity index is 1190. The summed E-state index contributed by atoms with van der Waals surface area (Å²) >= 11 is 0. The first-order valence-corrected chi connectivity index (χ1v) is 10.3. The van der Waals surface area contributed by atoms with Crippen molar-refractivity contribution in [3.8, 4) is 5.82 Å². The van der Waals surface area contributed by atoms with Crippen LogP contribution < -0.4 is 10.0 Å². The molecule has 1 atom stereocenters. The van der Waals surface area contributed by atoms with Crippen LogP contribution in [-0.4, -0.2) is 41.0 Å². The normalized spacial score (nSPS) is 16.8. The molecule has 3 heterocycles. The average Bonchev–Trinajstić information content (AvgIpc) is 3.34. The minimum atomic E-state index is -3.64. The maximum Gasteiger partial charge on any atom is 0.263 e. The highest BCUT2D eigenvalue weighted by Gasteiger charge is 2.31. The fraction of sp³-hybridized carbons (Fsp3) is 0.158. The second kappa shape index (κ2) is 7.47. The molecule has 1 amide bonds. The third-order valence-electron chi connectivity index (χ3n) is 4.38. The zero-order valence-electron chi connectivity index (χ0n) is 15.5. The van der Waals surface area contributed by atoms with Gasteiger partial charge in [-0.05, 0) is 42.8 Å². The van der Waals surface area contributed by atoms with E-state index >= 15 is 0 Å². The number of carbonyl (C=O) groups excluding carboxylic acids is 1. The van der Waals surface area contributed by atoms with E-state index in [1.54, 1.807) is 60.5 Å². The van der Waals surface area contributed by atoms with Crippen molar-refractivity contribution in [2.24, 2.45) is 4.99 Å². The molecular weight excluding hydrogens is 392 g/mol. The number of amides is 1. The number of amidine groups is 1. The number of hydrogen-bond acceptors (Lipinski definition) is 6. The van der Waals surface area contributed by atoms with E-state index in [-0.39, 0.29) is 23.2 Å². The Labute approximate surface area is 167 Å². The maximum absolute atomic E-state index is 12.5. The van der Waals surface area contributed by atoms with Gasteiger partial charge in [0.05, 0.1) is 4.90 Å². The second-order valence-corrected chi connectivity index (χ2v) is 8.10. The summed E-state index contributed by atoms with van der Waals surface area (Å²) in [6, 6.07) is 11.2. The van der Waals surface area contributed by atoms with E-state index in [1.165, 1.54) is 6.07 Å². The third kappa shape index (κ3) is 3.87. The van der Waals surface area contributed by atoms with E-state index in [0.717, 1.165) is 5.56 Å². The van der Waals surface area contributed by atoms with E-state index < -0.39 is 16.1 Å². The van der Waals surface area contributed by atoms with Gasteiger partial charge in [0.2, 0.25) is 5.91 Å². The van der Waals surface area contributed by atoms with Gasteiger partial charge >= 0.3 is 0 Å². The molecule has 29 heavy (non-hydrogen) atoms. The van der Waals surface area contributed by atoms with Crippen LogP contribution in [-0.2, 0) is 21.4 Å². The monoisotopic (exact) mass is 410 g/mol. The molecule has 2 N–H and O–H groups in total. The largest absolute Gasteiger partial charge is 0.350 e. The zero-order chi connectivity index (χ0) is 20.4. The lowest BCUT2D eigenvalue weighted by atomic mass is 10.2. The quantitative estimate of drug-likeness (QED) is 0.651. The van der Waals surface area contributed by atoms with Crippen LogP contribution in [0.5, 0.6) is 0 Å². The molecule has 0 spiro atoms. The van der Waals surface area contributed by atoms with Gasteiger partial charge in [0.25, 0.3) is 10.0 Å². The number of hydrogen-bond donors (Lipinski definition) is 2. The Morgan fingerprint density at radius 2 is 2.07 bits per heavy atom. The van der Waals surface area contributed by atoms with Crippen LogP contribution in [0.3, 0.4) is 0 Å². The molecule has 3 aromatic rings. The molecule has 0 aliphatic carbocycles. The summed E-state index contributed by atoms with van der Waals surface area (Å²) in [4.78, 5) is 21.1. The lowest BCUT2D eigenvalue weighted by Gasteiger charge is -2.10. The third-order valence-corrected chi connectivity index (χ3v) is 5.78. The lowest BCUT2D eigenvalue weighted by molar-refractivity contribution is -0.122. The number of sulfonamides is 1. The molecule has 10 heteroatoms. The minimum Gasteiger partial charge on any atom is -0.350 e. The summed E-state index contributed by atoms with van der Waals surface area (Å²) in [6.45, 7) is 1.90. The lowest BCUT2D eigenvalue weighted by Crippen LogP contribution is -2.33. The summed E-state index contributed by atoms with van der Waals surface area (Å²) in [6.07, 6.45) is 5.09. The van der Waals surface area contributed by atoms with Gasteiger partial charge in [0.1, 0.15) is 11.9 Å². The molecular formula is C19H18N6O3S. The molecule has 4 rings (SSSR count). The number of fused-ring (bicyclic) bond motifs is 1. The Balaban J connectivity index is 1.45. The van der Waals surface area contributed by atoms with Gasteiger partial charge in [-0.15, -0.1) is 0 Å². The highest BCUT2D eigenvalue weighted by atomic mass is 32.2. The first kappa shape index (κ1) is 18.8. The van der Waals surface area contributed by atoms with Crippen molar-refractivity contribution in [2.45, 2.75) is 24.4 Å². The smallest absolute Gasteiger partial charge is 0.263 e. The summed E-state index contributed by atoms with van der Waals surface area (Å²) in [5.41, 5.74) is 1.32. The van der Waals surface area contributed by atoms with Crippen LogP contribution in [0.2, 0.25) is 0 Å². The van der Waals surface area contributed by atoms with Crippen molar-refractivity contribution in [1.82, 2.24) is 24.8 Å². The van der Waals surface area contributed by atoms with Gasteiger partial charge < -0.3 is 5.32 Å². The minimum absolute atomic E-state index is 0.161. The van der Waals surface area contributed by atoms with Crippen molar-refractivity contribution < 1.29 is 13.2 Å². The molecule has 148 valence electrons. The fourth-order valence-electron chi connectivity index (χ4n) is 2.92. The Hall–Kier alpha value is -3.53. The molecule has 1 aliphatic heterocycles. The predicted molar refractivity (Wildman–Crippen MR) is 106 cm³/mol. The summed E-state index contributed by atoms with van der Waals surface area (Å²) < 4.78 is 28.3. The number of rotatable bonds is 5. The summed E-state index contributed by atoms with van der Waals surface area (Å²) in [5.74, 6) is 0.499. The van der Waals surface area contributed by atoms with Gasteiger partial charge in [-0.3, -0.25) is 14.5 Å². The molecule has 0 bridgehead atoms. The molecule has 0 saturated heterocycles. The Kier molecular flexibility index (Phi) is 4.85. The zero-order valence-corrected chi connectivity index (χ0v) is 16.3. The van der Waals surface area contributed by atoms with Gasteiger partial charge in [-0.2, -0.15) is 5.10 Å². The highest BCUT2D eigenvalue weighted by molar-refractivity contribution is 7.90. The number of nitrogens with one attached hydrogen (secondary N) is 2. The summed E-state index contributed by atoms with van der Waals surface area (Å²) in [7, 11) is -3.64. The van der Waals surface area contributed by atoms with Crippen LogP contribution in [0, 0.1) is 0 Å². The first-order chi connectivity index (χ1) is 13.9. The van der Waals surface area contributed by atoms with Gasteiger partial charge in [-0.1, -0.05) is 12.1 Å². The van der Waals surface area contributed by atoms with Crippen molar-refractivity contribution in [3.05, 3.63) is 72.2 Å². The molecule has 0 saturated carbocycles. The summed E-state index contributed by atoms with van der Waals surface area (Å²) in [5, 5.41) is 6.94. The maximum atomic E-state index is 12.5. The molecule has 0 fully saturated rings. The van der Waals surface area contributed by atoms with Crippen molar-refractivity contribution in [3.63, 3.8) is 0 Å². The van der Waals surface area contributed by atoms with Crippen LogP contribution in [0.25, 0.3) is 5.82 Å².